The number of nitrogens with zero attached hydrogens (tertiary/aromatic N) is 2. The molecule has 1 aromatic carbocycles. The van der Waals surface area contributed by atoms with Crippen LogP contribution < -0.4 is 14.8 Å². The number of amides is 2. The van der Waals surface area contributed by atoms with Crippen molar-refractivity contribution in [3.8, 4) is 11.5 Å². The van der Waals surface area contributed by atoms with Crippen molar-refractivity contribution < 1.29 is 14.3 Å². The molecule has 2 amide bonds. The number of carbonyl (C=O) groups is 1. The lowest BCUT2D eigenvalue weighted by Gasteiger charge is -2.25. The first kappa shape index (κ1) is 19.1. The van der Waals surface area contributed by atoms with E-state index in [9.17, 15) is 4.79 Å². The van der Waals surface area contributed by atoms with Gasteiger partial charge in [0.15, 0.2) is 11.5 Å². The predicted octanol–water partition coefficient (Wildman–Crippen LogP) is 3.67. The van der Waals surface area contributed by atoms with E-state index in [1.807, 2.05) is 50.4 Å². The van der Waals surface area contributed by atoms with Crippen LogP contribution in [0.1, 0.15) is 31.5 Å². The zero-order valence-electron chi connectivity index (χ0n) is 15.1. The van der Waals surface area contributed by atoms with Gasteiger partial charge in [0.05, 0.1) is 19.3 Å². The SMILES string of the molecule is CCNC(=O)N(Cc1csc(COc2ccccc2OC)n1)C(C)C. The Kier molecular flexibility index (Phi) is 7.06. The fourth-order valence-corrected chi connectivity index (χ4v) is 2.98. The second-order valence-electron chi connectivity index (χ2n) is 5.73. The Bertz CT molecular complexity index is 688. The number of hydrogen-bond donors (Lipinski definition) is 1. The predicted molar refractivity (Wildman–Crippen MR) is 99.2 cm³/mol. The third-order valence-corrected chi connectivity index (χ3v) is 4.44. The van der Waals surface area contributed by atoms with E-state index in [4.69, 9.17) is 9.47 Å². The molecule has 7 heteroatoms. The molecule has 2 aromatic rings. The van der Waals surface area contributed by atoms with E-state index in [0.29, 0.717) is 31.2 Å². The molecule has 0 bridgehead atoms. The Morgan fingerprint density at radius 3 is 2.68 bits per heavy atom. The van der Waals surface area contributed by atoms with Gasteiger partial charge in [0.2, 0.25) is 0 Å². The van der Waals surface area contributed by atoms with Gasteiger partial charge < -0.3 is 19.7 Å². The van der Waals surface area contributed by atoms with Gasteiger partial charge in [-0.2, -0.15) is 0 Å². The van der Waals surface area contributed by atoms with Gasteiger partial charge >= 0.3 is 6.03 Å². The second-order valence-corrected chi connectivity index (χ2v) is 6.67. The maximum atomic E-state index is 12.1. The maximum absolute atomic E-state index is 12.1. The summed E-state index contributed by atoms with van der Waals surface area (Å²) in [7, 11) is 1.62. The van der Waals surface area contributed by atoms with Crippen molar-refractivity contribution in [3.63, 3.8) is 0 Å². The Hall–Kier alpha value is -2.28. The Morgan fingerprint density at radius 2 is 2.04 bits per heavy atom. The standard InChI is InChI=1S/C18H25N3O3S/c1-5-19-18(22)21(13(2)3)10-14-12-25-17(20-14)11-24-16-9-7-6-8-15(16)23-4/h6-9,12-13H,5,10-11H2,1-4H3,(H,19,22). The van der Waals surface area contributed by atoms with Crippen molar-refractivity contribution >= 4 is 17.4 Å². The summed E-state index contributed by atoms with van der Waals surface area (Å²) >= 11 is 1.53. The van der Waals surface area contributed by atoms with Gasteiger partial charge in [-0.3, -0.25) is 0 Å². The van der Waals surface area contributed by atoms with Crippen molar-refractivity contribution in [1.29, 1.82) is 0 Å². The molecule has 0 unspecified atom stereocenters. The van der Waals surface area contributed by atoms with E-state index < -0.39 is 0 Å². The molecule has 0 fully saturated rings. The van der Waals surface area contributed by atoms with Gasteiger partial charge in [-0.15, -0.1) is 11.3 Å². The molecule has 0 saturated heterocycles. The van der Waals surface area contributed by atoms with Crippen LogP contribution in [0, 0.1) is 0 Å². The number of urea groups is 1. The smallest absolute Gasteiger partial charge is 0.317 e. The molecule has 1 N–H and O–H groups in total. The minimum absolute atomic E-state index is 0.0719. The van der Waals surface area contributed by atoms with Crippen molar-refractivity contribution in [2.24, 2.45) is 0 Å². The molecule has 1 aromatic heterocycles. The summed E-state index contributed by atoms with van der Waals surface area (Å²) < 4.78 is 11.1. The highest BCUT2D eigenvalue weighted by Crippen LogP contribution is 2.27. The number of ether oxygens (including phenoxy) is 2. The Labute approximate surface area is 152 Å². The molecule has 2 rings (SSSR count). The van der Waals surface area contributed by atoms with Crippen LogP contribution in [0.15, 0.2) is 29.6 Å². The molecule has 0 atom stereocenters. The summed E-state index contributed by atoms with van der Waals surface area (Å²) in [6.45, 7) is 7.35. The van der Waals surface area contributed by atoms with Crippen molar-refractivity contribution in [3.05, 3.63) is 40.3 Å². The summed E-state index contributed by atoms with van der Waals surface area (Å²) in [5.74, 6) is 1.38. The number of thiazole rings is 1. The Balaban J connectivity index is 1.98. The van der Waals surface area contributed by atoms with Crippen LogP contribution in [0.4, 0.5) is 4.79 Å². The van der Waals surface area contributed by atoms with E-state index in [0.717, 1.165) is 10.7 Å². The van der Waals surface area contributed by atoms with E-state index in [2.05, 4.69) is 10.3 Å². The van der Waals surface area contributed by atoms with Crippen molar-refractivity contribution in [2.45, 2.75) is 40.0 Å². The third kappa shape index (κ3) is 5.35. The lowest BCUT2D eigenvalue weighted by molar-refractivity contribution is 0.179. The van der Waals surface area contributed by atoms with Gasteiger partial charge in [-0.1, -0.05) is 12.1 Å². The monoisotopic (exact) mass is 363 g/mol. The quantitative estimate of drug-likeness (QED) is 0.777. The molecule has 136 valence electrons. The third-order valence-electron chi connectivity index (χ3n) is 3.56. The minimum Gasteiger partial charge on any atom is -0.493 e. The highest BCUT2D eigenvalue weighted by Gasteiger charge is 2.18. The highest BCUT2D eigenvalue weighted by molar-refractivity contribution is 7.09. The van der Waals surface area contributed by atoms with E-state index in [1.165, 1.54) is 11.3 Å². The minimum atomic E-state index is -0.0719. The molecule has 0 aliphatic heterocycles. The maximum Gasteiger partial charge on any atom is 0.317 e. The molecular formula is C18H25N3O3S. The number of hydrogen-bond acceptors (Lipinski definition) is 5. The van der Waals surface area contributed by atoms with Gasteiger partial charge in [0.1, 0.15) is 11.6 Å². The van der Waals surface area contributed by atoms with Gasteiger partial charge in [0, 0.05) is 18.0 Å². The molecule has 1 heterocycles. The molecule has 6 nitrogen and oxygen atoms in total. The van der Waals surface area contributed by atoms with E-state index >= 15 is 0 Å². The van der Waals surface area contributed by atoms with Crippen LogP contribution in [-0.2, 0) is 13.2 Å². The lowest BCUT2D eigenvalue weighted by atomic mass is 10.3. The summed E-state index contributed by atoms with van der Waals surface area (Å²) in [6.07, 6.45) is 0. The average molecular weight is 363 g/mol. The highest BCUT2D eigenvalue weighted by atomic mass is 32.1. The molecule has 0 aliphatic rings. The molecule has 0 spiro atoms. The molecule has 0 radical (unpaired) electrons. The number of para-hydroxylation sites is 2. The van der Waals surface area contributed by atoms with Gasteiger partial charge in [-0.25, -0.2) is 9.78 Å². The first-order valence-electron chi connectivity index (χ1n) is 8.28. The van der Waals surface area contributed by atoms with Crippen LogP contribution in [0.3, 0.4) is 0 Å². The summed E-state index contributed by atoms with van der Waals surface area (Å²) in [6, 6.07) is 7.55. The fourth-order valence-electron chi connectivity index (χ4n) is 2.28. The Morgan fingerprint density at radius 1 is 1.32 bits per heavy atom. The first-order chi connectivity index (χ1) is 12.0. The van der Waals surface area contributed by atoms with Gasteiger partial charge in [-0.05, 0) is 32.9 Å². The van der Waals surface area contributed by atoms with Crippen LogP contribution >= 0.6 is 11.3 Å². The van der Waals surface area contributed by atoms with Crippen molar-refractivity contribution in [1.82, 2.24) is 15.2 Å². The van der Waals surface area contributed by atoms with Gasteiger partial charge in [0.25, 0.3) is 0 Å². The first-order valence-corrected chi connectivity index (χ1v) is 9.16. The number of carbonyl (C=O) groups excluding carboxylic acids is 1. The second kappa shape index (κ2) is 9.27. The summed E-state index contributed by atoms with van der Waals surface area (Å²) in [5, 5.41) is 5.67. The van der Waals surface area contributed by atoms with Crippen LogP contribution in [0.5, 0.6) is 11.5 Å². The fraction of sp³-hybridized carbons (Fsp3) is 0.444. The normalized spacial score (nSPS) is 10.6. The topological polar surface area (TPSA) is 63.7 Å². The molecular weight excluding hydrogens is 338 g/mol. The summed E-state index contributed by atoms with van der Waals surface area (Å²) in [5.41, 5.74) is 0.864. The number of rotatable bonds is 8. The van der Waals surface area contributed by atoms with Crippen molar-refractivity contribution in [2.75, 3.05) is 13.7 Å². The lowest BCUT2D eigenvalue weighted by Crippen LogP contribution is -2.43. The number of aromatic nitrogens is 1. The van der Waals surface area contributed by atoms with Crippen LogP contribution in [-0.4, -0.2) is 35.6 Å². The molecule has 0 saturated carbocycles. The number of methoxy groups -OCH3 is 1. The van der Waals surface area contributed by atoms with Crippen LogP contribution in [0.25, 0.3) is 0 Å². The van der Waals surface area contributed by atoms with Crippen LogP contribution in [0.2, 0.25) is 0 Å². The molecule has 25 heavy (non-hydrogen) atoms. The average Bonchev–Trinajstić information content (AvgIpc) is 3.05. The molecule has 0 aliphatic carbocycles. The van der Waals surface area contributed by atoms with E-state index in [1.54, 1.807) is 12.0 Å². The summed E-state index contributed by atoms with van der Waals surface area (Å²) in [4.78, 5) is 18.5. The number of benzene rings is 1. The zero-order chi connectivity index (χ0) is 18.2. The number of nitrogens with one attached hydrogen (secondary N) is 1. The van der Waals surface area contributed by atoms with E-state index in [-0.39, 0.29) is 12.1 Å². The zero-order valence-corrected chi connectivity index (χ0v) is 15.9. The largest absolute Gasteiger partial charge is 0.493 e.